The van der Waals surface area contributed by atoms with E-state index in [0.29, 0.717) is 5.76 Å². The largest absolute Gasteiger partial charge is 0.467 e. The third kappa shape index (κ3) is 5.46. The first-order valence-corrected chi connectivity index (χ1v) is 8.37. The number of hydrogen-bond acceptors (Lipinski definition) is 3. The lowest BCUT2D eigenvalue weighted by atomic mass is 10.1. The van der Waals surface area contributed by atoms with Crippen molar-refractivity contribution in [1.82, 2.24) is 5.32 Å². The first-order valence-electron chi connectivity index (χ1n) is 8.37. The molecule has 2 amide bonds. The number of para-hydroxylation sites is 1. The molecule has 0 spiro atoms. The molecule has 2 atom stereocenters. The van der Waals surface area contributed by atoms with Crippen LogP contribution in [-0.4, -0.2) is 32.0 Å². The third-order valence-electron chi connectivity index (χ3n) is 4.02. The number of anilines is 1. The molecule has 1 heterocycles. The summed E-state index contributed by atoms with van der Waals surface area (Å²) < 4.78 is 5.27. The van der Waals surface area contributed by atoms with Crippen molar-refractivity contribution in [1.29, 1.82) is 0 Å². The zero-order chi connectivity index (χ0) is 18.4. The highest BCUT2D eigenvalue weighted by Crippen LogP contribution is 2.18. The van der Waals surface area contributed by atoms with Gasteiger partial charge in [-0.2, -0.15) is 0 Å². The SMILES string of the molecule is Cc1cccc(C)c1NC(=O)C[NH+](C)CC(=O)N[C@@H](C)c1ccco1. The smallest absolute Gasteiger partial charge is 0.279 e. The van der Waals surface area contributed by atoms with Gasteiger partial charge in [-0.3, -0.25) is 9.59 Å². The number of rotatable bonds is 7. The highest BCUT2D eigenvalue weighted by atomic mass is 16.3. The molecule has 0 aliphatic heterocycles. The number of quaternary nitrogens is 1. The first kappa shape index (κ1) is 18.7. The fraction of sp³-hybridized carbons (Fsp3) is 0.368. The van der Waals surface area contributed by atoms with Gasteiger partial charge in [0.1, 0.15) is 5.76 Å². The van der Waals surface area contributed by atoms with Crippen molar-refractivity contribution < 1.29 is 18.9 Å². The van der Waals surface area contributed by atoms with E-state index in [0.717, 1.165) is 21.7 Å². The monoisotopic (exact) mass is 344 g/mol. The van der Waals surface area contributed by atoms with Gasteiger partial charge in [-0.15, -0.1) is 0 Å². The Labute approximate surface area is 148 Å². The molecule has 1 aromatic heterocycles. The molecule has 0 saturated heterocycles. The summed E-state index contributed by atoms with van der Waals surface area (Å²) in [7, 11) is 1.82. The summed E-state index contributed by atoms with van der Waals surface area (Å²) in [5.41, 5.74) is 2.89. The topological polar surface area (TPSA) is 75.8 Å². The lowest BCUT2D eigenvalue weighted by molar-refractivity contribution is -0.862. The number of nitrogens with one attached hydrogen (secondary N) is 3. The van der Waals surface area contributed by atoms with E-state index in [-0.39, 0.29) is 30.9 Å². The molecule has 2 aromatic rings. The number of likely N-dealkylation sites (N-methyl/N-ethyl adjacent to an activating group) is 1. The Morgan fingerprint density at radius 2 is 1.72 bits per heavy atom. The number of benzene rings is 1. The van der Waals surface area contributed by atoms with Gasteiger partial charge in [-0.1, -0.05) is 18.2 Å². The lowest BCUT2D eigenvalue weighted by Crippen LogP contribution is -3.11. The van der Waals surface area contributed by atoms with Crippen molar-refractivity contribution in [3.63, 3.8) is 0 Å². The summed E-state index contributed by atoms with van der Waals surface area (Å²) in [4.78, 5) is 25.2. The zero-order valence-corrected chi connectivity index (χ0v) is 15.2. The fourth-order valence-corrected chi connectivity index (χ4v) is 2.71. The maximum Gasteiger partial charge on any atom is 0.279 e. The van der Waals surface area contributed by atoms with E-state index in [1.54, 1.807) is 12.3 Å². The lowest BCUT2D eigenvalue weighted by Gasteiger charge is -2.17. The number of aryl methyl sites for hydroxylation is 2. The second-order valence-electron chi connectivity index (χ2n) is 6.43. The summed E-state index contributed by atoms with van der Waals surface area (Å²) in [6, 6.07) is 9.29. The molecule has 25 heavy (non-hydrogen) atoms. The van der Waals surface area contributed by atoms with E-state index >= 15 is 0 Å². The van der Waals surface area contributed by atoms with Gasteiger partial charge >= 0.3 is 0 Å². The quantitative estimate of drug-likeness (QED) is 0.707. The number of hydrogen-bond donors (Lipinski definition) is 3. The summed E-state index contributed by atoms with van der Waals surface area (Å²) in [6.45, 7) is 6.21. The summed E-state index contributed by atoms with van der Waals surface area (Å²) in [5.74, 6) is 0.474. The Kier molecular flexibility index (Phi) is 6.36. The van der Waals surface area contributed by atoms with E-state index in [9.17, 15) is 9.59 Å². The van der Waals surface area contributed by atoms with Crippen molar-refractivity contribution in [2.24, 2.45) is 0 Å². The van der Waals surface area contributed by atoms with Crippen molar-refractivity contribution in [2.75, 3.05) is 25.5 Å². The van der Waals surface area contributed by atoms with Crippen molar-refractivity contribution in [3.05, 3.63) is 53.5 Å². The maximum atomic E-state index is 12.2. The number of furan rings is 1. The fourth-order valence-electron chi connectivity index (χ4n) is 2.71. The van der Waals surface area contributed by atoms with Gasteiger partial charge in [0.15, 0.2) is 13.1 Å². The minimum atomic E-state index is -0.196. The molecule has 0 fully saturated rings. The standard InChI is InChI=1S/C19H25N3O3/c1-13-7-5-8-14(2)19(13)21-18(24)12-22(4)11-17(23)20-15(3)16-9-6-10-25-16/h5-10,15H,11-12H2,1-4H3,(H,20,23)(H,21,24)/p+1/t15-/m0/s1. The van der Waals surface area contributed by atoms with Crippen molar-refractivity contribution in [3.8, 4) is 0 Å². The zero-order valence-electron chi connectivity index (χ0n) is 15.2. The van der Waals surface area contributed by atoms with E-state index in [1.807, 2.05) is 52.1 Å². The van der Waals surface area contributed by atoms with Gasteiger partial charge < -0.3 is 20.0 Å². The second-order valence-corrected chi connectivity index (χ2v) is 6.43. The molecule has 0 aliphatic rings. The van der Waals surface area contributed by atoms with Gasteiger partial charge in [0.2, 0.25) is 0 Å². The molecule has 0 bridgehead atoms. The van der Waals surface area contributed by atoms with Crippen LogP contribution in [-0.2, 0) is 9.59 Å². The molecule has 0 aliphatic carbocycles. The predicted molar refractivity (Wildman–Crippen MR) is 96.4 cm³/mol. The average Bonchev–Trinajstić information content (AvgIpc) is 3.05. The summed E-state index contributed by atoms with van der Waals surface area (Å²) in [6.07, 6.45) is 1.58. The molecular formula is C19H26N3O3+. The molecule has 6 nitrogen and oxygen atoms in total. The third-order valence-corrected chi connectivity index (χ3v) is 4.02. The van der Waals surface area contributed by atoms with Gasteiger partial charge in [-0.05, 0) is 44.0 Å². The second kappa shape index (κ2) is 8.48. The molecule has 3 N–H and O–H groups in total. The van der Waals surface area contributed by atoms with Crippen LogP contribution in [0.1, 0.15) is 29.9 Å². The average molecular weight is 344 g/mol. The van der Waals surface area contributed by atoms with E-state index in [1.165, 1.54) is 0 Å². The van der Waals surface area contributed by atoms with Crippen LogP contribution in [0.25, 0.3) is 0 Å². The maximum absolute atomic E-state index is 12.2. The molecule has 0 radical (unpaired) electrons. The van der Waals surface area contributed by atoms with Crippen LogP contribution in [0.4, 0.5) is 5.69 Å². The highest BCUT2D eigenvalue weighted by Gasteiger charge is 2.18. The molecule has 2 rings (SSSR count). The molecular weight excluding hydrogens is 318 g/mol. The van der Waals surface area contributed by atoms with E-state index in [4.69, 9.17) is 4.42 Å². The van der Waals surface area contributed by atoms with Crippen LogP contribution in [0.5, 0.6) is 0 Å². The Hall–Kier alpha value is -2.60. The van der Waals surface area contributed by atoms with Gasteiger partial charge in [0.25, 0.3) is 11.8 Å². The Balaban J connectivity index is 1.82. The molecule has 6 heteroatoms. The van der Waals surface area contributed by atoms with Gasteiger partial charge in [0.05, 0.1) is 19.4 Å². The molecule has 1 aromatic carbocycles. The minimum Gasteiger partial charge on any atom is -0.467 e. The number of amides is 2. The first-order chi connectivity index (χ1) is 11.9. The Bertz CT molecular complexity index is 705. The van der Waals surface area contributed by atoms with Gasteiger partial charge in [-0.25, -0.2) is 0 Å². The van der Waals surface area contributed by atoms with Crippen LogP contribution >= 0.6 is 0 Å². The van der Waals surface area contributed by atoms with Crippen LogP contribution in [0.15, 0.2) is 41.0 Å². The van der Waals surface area contributed by atoms with E-state index < -0.39 is 0 Å². The van der Waals surface area contributed by atoms with Crippen LogP contribution < -0.4 is 15.5 Å². The van der Waals surface area contributed by atoms with E-state index in [2.05, 4.69) is 10.6 Å². The number of carbonyl (C=O) groups is 2. The number of carbonyl (C=O) groups excluding carboxylic acids is 2. The van der Waals surface area contributed by atoms with Crippen molar-refractivity contribution >= 4 is 17.5 Å². The minimum absolute atomic E-state index is 0.109. The van der Waals surface area contributed by atoms with Crippen molar-refractivity contribution in [2.45, 2.75) is 26.8 Å². The molecule has 134 valence electrons. The molecule has 0 saturated carbocycles. The highest BCUT2D eigenvalue weighted by molar-refractivity contribution is 5.93. The van der Waals surface area contributed by atoms with Crippen LogP contribution in [0.2, 0.25) is 0 Å². The predicted octanol–water partition coefficient (Wildman–Crippen LogP) is 1.23. The summed E-state index contributed by atoms with van der Waals surface area (Å²) >= 11 is 0. The van der Waals surface area contributed by atoms with Crippen LogP contribution in [0.3, 0.4) is 0 Å². The Morgan fingerprint density at radius 3 is 2.32 bits per heavy atom. The van der Waals surface area contributed by atoms with Gasteiger partial charge in [0, 0.05) is 5.69 Å². The molecule has 1 unspecified atom stereocenters. The summed E-state index contributed by atoms with van der Waals surface area (Å²) in [5, 5.41) is 5.81. The Morgan fingerprint density at radius 1 is 1.08 bits per heavy atom. The van der Waals surface area contributed by atoms with Crippen LogP contribution in [0, 0.1) is 13.8 Å². The normalized spacial score (nSPS) is 13.1.